The van der Waals surface area contributed by atoms with Gasteiger partial charge in [-0.1, -0.05) is 5.16 Å². The molecule has 5 unspecified atom stereocenters. The third-order valence-corrected chi connectivity index (χ3v) is 5.82. The summed E-state index contributed by atoms with van der Waals surface area (Å²) in [5.41, 5.74) is 6.32. The van der Waals surface area contributed by atoms with Crippen molar-refractivity contribution in [2.45, 2.75) is 37.3 Å². The molecule has 0 spiro atoms. The molecule has 5 atom stereocenters. The van der Waals surface area contributed by atoms with Crippen LogP contribution in [0.1, 0.15) is 43.0 Å². The second-order valence-electron chi connectivity index (χ2n) is 5.86. The first-order valence-electron chi connectivity index (χ1n) is 7.11. The fraction of sp³-hybridized carbons (Fsp3) is 0.846. The minimum absolute atomic E-state index is 0.00827. The highest BCUT2D eigenvalue weighted by atomic mass is 32.2. The highest BCUT2D eigenvalue weighted by molar-refractivity contribution is 7.99. The highest BCUT2D eigenvalue weighted by Crippen LogP contribution is 2.51. The smallest absolute Gasteiger partial charge is 0.231 e. The number of thioether (sulfide) groups is 1. The van der Waals surface area contributed by atoms with Crippen LogP contribution in [0.15, 0.2) is 4.52 Å². The Balaban J connectivity index is 1.54. The fourth-order valence-corrected chi connectivity index (χ4v) is 4.69. The lowest BCUT2D eigenvalue weighted by atomic mass is 9.85. The van der Waals surface area contributed by atoms with E-state index >= 15 is 0 Å². The van der Waals surface area contributed by atoms with Gasteiger partial charge in [-0.3, -0.25) is 0 Å². The maximum absolute atomic E-state index is 6.32. The number of ether oxygens (including phenoxy) is 1. The van der Waals surface area contributed by atoms with E-state index in [4.69, 9.17) is 15.0 Å². The summed E-state index contributed by atoms with van der Waals surface area (Å²) < 4.78 is 11.2. The Bertz CT molecular complexity index is 458. The second-order valence-corrected chi connectivity index (χ2v) is 7.01. The Morgan fingerprint density at radius 2 is 2.16 bits per heavy atom. The van der Waals surface area contributed by atoms with E-state index in [-0.39, 0.29) is 18.1 Å². The van der Waals surface area contributed by atoms with Crippen LogP contribution in [0.3, 0.4) is 0 Å². The third-order valence-electron chi connectivity index (χ3n) is 4.83. The molecule has 2 heterocycles. The van der Waals surface area contributed by atoms with E-state index in [0.29, 0.717) is 17.7 Å². The molecule has 1 aromatic rings. The topological polar surface area (TPSA) is 74.2 Å². The Hall–Kier alpha value is -0.590. The molecule has 0 amide bonds. The number of hydrogen-bond acceptors (Lipinski definition) is 6. The molecule has 4 rings (SSSR count). The van der Waals surface area contributed by atoms with Crippen LogP contribution in [0.25, 0.3) is 0 Å². The number of hydrogen-bond donors (Lipinski definition) is 1. The molecule has 1 saturated heterocycles. The van der Waals surface area contributed by atoms with Crippen molar-refractivity contribution >= 4 is 11.8 Å². The summed E-state index contributed by atoms with van der Waals surface area (Å²) in [5, 5.41) is 4.12. The van der Waals surface area contributed by atoms with Gasteiger partial charge in [0.15, 0.2) is 0 Å². The molecular formula is C13H19N3O2S. The fourth-order valence-electron chi connectivity index (χ4n) is 3.85. The van der Waals surface area contributed by atoms with Gasteiger partial charge >= 0.3 is 0 Å². The normalized spacial score (nSPS) is 41.8. The van der Waals surface area contributed by atoms with Crippen LogP contribution >= 0.6 is 11.8 Å². The SMILES string of the molecule is NC1C2CCC(C2)C1c1nc(C2CSCCO2)no1. The van der Waals surface area contributed by atoms with Crippen molar-refractivity contribution in [2.24, 2.45) is 17.6 Å². The first kappa shape index (κ1) is 12.2. The van der Waals surface area contributed by atoms with Gasteiger partial charge in [0, 0.05) is 17.5 Å². The molecule has 3 aliphatic rings. The van der Waals surface area contributed by atoms with Crippen LogP contribution in [0.4, 0.5) is 0 Å². The molecule has 6 heteroatoms. The molecule has 0 aromatic carbocycles. The monoisotopic (exact) mass is 281 g/mol. The lowest BCUT2D eigenvalue weighted by Crippen LogP contribution is -2.34. The van der Waals surface area contributed by atoms with E-state index < -0.39 is 0 Å². The molecule has 2 aliphatic carbocycles. The van der Waals surface area contributed by atoms with Gasteiger partial charge in [-0.25, -0.2) is 0 Å². The summed E-state index contributed by atoms with van der Waals surface area (Å²) in [6, 6.07) is 0.202. The van der Waals surface area contributed by atoms with Crippen LogP contribution in [-0.4, -0.2) is 34.3 Å². The summed E-state index contributed by atoms with van der Waals surface area (Å²) in [6.07, 6.45) is 3.76. The third kappa shape index (κ3) is 2.00. The van der Waals surface area contributed by atoms with E-state index in [0.717, 1.165) is 24.0 Å². The van der Waals surface area contributed by atoms with Crippen molar-refractivity contribution in [3.05, 3.63) is 11.7 Å². The van der Waals surface area contributed by atoms with Crippen molar-refractivity contribution in [3.63, 3.8) is 0 Å². The van der Waals surface area contributed by atoms with Crippen molar-refractivity contribution in [2.75, 3.05) is 18.1 Å². The Labute approximate surface area is 116 Å². The van der Waals surface area contributed by atoms with Crippen molar-refractivity contribution in [1.29, 1.82) is 0 Å². The molecule has 0 radical (unpaired) electrons. The zero-order valence-corrected chi connectivity index (χ0v) is 11.6. The summed E-state index contributed by atoms with van der Waals surface area (Å²) in [5.74, 6) is 5.00. The van der Waals surface area contributed by atoms with E-state index in [1.54, 1.807) is 0 Å². The summed E-state index contributed by atoms with van der Waals surface area (Å²) in [7, 11) is 0. The molecule has 5 nitrogen and oxygen atoms in total. The quantitative estimate of drug-likeness (QED) is 0.889. The number of fused-ring (bicyclic) bond motifs is 2. The zero-order chi connectivity index (χ0) is 12.8. The molecule has 1 aromatic heterocycles. The van der Waals surface area contributed by atoms with Gasteiger partial charge in [0.2, 0.25) is 11.7 Å². The predicted octanol–water partition coefficient (Wildman–Crippen LogP) is 1.71. The Morgan fingerprint density at radius 1 is 1.26 bits per heavy atom. The first-order chi connectivity index (χ1) is 9.33. The lowest BCUT2D eigenvalue weighted by Gasteiger charge is -2.24. The molecular weight excluding hydrogens is 262 g/mol. The zero-order valence-electron chi connectivity index (χ0n) is 10.8. The molecule has 2 saturated carbocycles. The largest absolute Gasteiger partial charge is 0.368 e. The molecule has 19 heavy (non-hydrogen) atoms. The molecule has 2 bridgehead atoms. The number of aromatic nitrogens is 2. The standard InChI is InChI=1S/C13H19N3O2S/c14-11-8-2-1-7(5-8)10(11)13-15-12(16-18-13)9-6-19-4-3-17-9/h7-11H,1-6,14H2. The summed E-state index contributed by atoms with van der Waals surface area (Å²) in [4.78, 5) is 4.59. The van der Waals surface area contributed by atoms with Crippen LogP contribution in [0.5, 0.6) is 0 Å². The maximum Gasteiger partial charge on any atom is 0.231 e. The summed E-state index contributed by atoms with van der Waals surface area (Å²) in [6.45, 7) is 0.771. The predicted molar refractivity (Wildman–Crippen MR) is 71.9 cm³/mol. The van der Waals surface area contributed by atoms with Gasteiger partial charge in [0.25, 0.3) is 0 Å². The van der Waals surface area contributed by atoms with Gasteiger partial charge < -0.3 is 15.0 Å². The number of rotatable bonds is 2. The van der Waals surface area contributed by atoms with Crippen LogP contribution in [-0.2, 0) is 4.74 Å². The minimum atomic E-state index is -0.00827. The van der Waals surface area contributed by atoms with E-state index in [1.165, 1.54) is 19.3 Å². The molecule has 2 N–H and O–H groups in total. The maximum atomic E-state index is 6.32. The van der Waals surface area contributed by atoms with Crippen LogP contribution in [0.2, 0.25) is 0 Å². The lowest BCUT2D eigenvalue weighted by molar-refractivity contribution is 0.0677. The first-order valence-corrected chi connectivity index (χ1v) is 8.27. The van der Waals surface area contributed by atoms with Gasteiger partial charge in [0.1, 0.15) is 6.10 Å². The molecule has 104 valence electrons. The average molecular weight is 281 g/mol. The van der Waals surface area contributed by atoms with Gasteiger partial charge in [0.05, 0.1) is 12.5 Å². The van der Waals surface area contributed by atoms with Gasteiger partial charge in [-0.2, -0.15) is 16.7 Å². The van der Waals surface area contributed by atoms with Gasteiger partial charge in [-0.15, -0.1) is 0 Å². The summed E-state index contributed by atoms with van der Waals surface area (Å²) >= 11 is 1.88. The van der Waals surface area contributed by atoms with Crippen molar-refractivity contribution in [3.8, 4) is 0 Å². The highest BCUT2D eigenvalue weighted by Gasteiger charge is 2.49. The van der Waals surface area contributed by atoms with Crippen LogP contribution in [0, 0.1) is 11.8 Å². The van der Waals surface area contributed by atoms with E-state index in [2.05, 4.69) is 10.1 Å². The Morgan fingerprint density at radius 3 is 2.89 bits per heavy atom. The van der Waals surface area contributed by atoms with Gasteiger partial charge in [-0.05, 0) is 31.1 Å². The van der Waals surface area contributed by atoms with Crippen LogP contribution < -0.4 is 5.73 Å². The minimum Gasteiger partial charge on any atom is -0.368 e. The van der Waals surface area contributed by atoms with Crippen molar-refractivity contribution in [1.82, 2.24) is 10.1 Å². The van der Waals surface area contributed by atoms with Crippen molar-refractivity contribution < 1.29 is 9.26 Å². The van der Waals surface area contributed by atoms with E-state index in [9.17, 15) is 0 Å². The molecule has 3 fully saturated rings. The average Bonchev–Trinajstić information content (AvgIpc) is 3.14. The number of nitrogens with zero attached hydrogens (tertiary/aromatic N) is 2. The second kappa shape index (κ2) is 4.75. The van der Waals surface area contributed by atoms with E-state index in [1.807, 2.05) is 11.8 Å². The number of nitrogens with two attached hydrogens (primary N) is 1. The molecule has 1 aliphatic heterocycles. The Kier molecular flexibility index (Phi) is 3.04.